The molecular weight excluding hydrogens is 282 g/mol. The number of ether oxygens (including phenoxy) is 1. The molecule has 0 amide bonds. The van der Waals surface area contributed by atoms with Gasteiger partial charge in [-0.25, -0.2) is 8.42 Å². The van der Waals surface area contributed by atoms with E-state index in [1.165, 1.54) is 19.2 Å². The molecule has 0 heterocycles. The summed E-state index contributed by atoms with van der Waals surface area (Å²) in [5.74, 6) is -1.04. The molecule has 1 N–H and O–H groups in total. The first-order chi connectivity index (χ1) is 9.37. The Bertz CT molecular complexity index is 538. The number of rotatable bonds is 8. The minimum absolute atomic E-state index is 0.0745. The highest BCUT2D eigenvalue weighted by molar-refractivity contribution is 7.89. The van der Waals surface area contributed by atoms with Crippen molar-refractivity contribution in [1.29, 1.82) is 0 Å². The van der Waals surface area contributed by atoms with Crippen LogP contribution in [-0.4, -0.2) is 50.6 Å². The zero-order valence-corrected chi connectivity index (χ0v) is 12.4. The van der Waals surface area contributed by atoms with Gasteiger partial charge >= 0.3 is 5.97 Å². The average Bonchev–Trinajstić information content (AvgIpc) is 2.38. The molecule has 0 radical (unpaired) electrons. The van der Waals surface area contributed by atoms with Gasteiger partial charge in [-0.15, -0.1) is 0 Å². The maximum Gasteiger partial charge on any atom is 0.304 e. The second-order valence-corrected chi connectivity index (χ2v) is 6.29. The van der Waals surface area contributed by atoms with Gasteiger partial charge in [-0.05, 0) is 19.1 Å². The number of nitrogens with zero attached hydrogens (tertiary/aromatic N) is 1. The predicted octanol–water partition coefficient (Wildman–Crippen LogP) is 1.11. The van der Waals surface area contributed by atoms with E-state index < -0.39 is 16.0 Å². The molecule has 0 aliphatic rings. The first kappa shape index (κ1) is 16.6. The Labute approximate surface area is 119 Å². The monoisotopic (exact) mass is 301 g/mol. The Hall–Kier alpha value is -1.44. The average molecular weight is 301 g/mol. The van der Waals surface area contributed by atoms with E-state index in [1.54, 1.807) is 12.1 Å². The normalized spacial score (nSPS) is 11.8. The van der Waals surface area contributed by atoms with Crippen LogP contribution in [0, 0.1) is 6.92 Å². The number of carboxylic acids is 1. The summed E-state index contributed by atoms with van der Waals surface area (Å²) in [5.41, 5.74) is 0.956. The van der Waals surface area contributed by atoms with Gasteiger partial charge in [-0.1, -0.05) is 17.7 Å². The molecule has 1 aromatic carbocycles. The van der Waals surface area contributed by atoms with Crippen LogP contribution in [0.5, 0.6) is 0 Å². The number of hydrogen-bond donors (Lipinski definition) is 1. The fraction of sp³-hybridized carbons (Fsp3) is 0.462. The molecule has 7 heteroatoms. The zero-order chi connectivity index (χ0) is 15.2. The van der Waals surface area contributed by atoms with Crippen molar-refractivity contribution >= 4 is 16.0 Å². The summed E-state index contributed by atoms with van der Waals surface area (Å²) in [7, 11) is -2.23. The van der Waals surface area contributed by atoms with Crippen molar-refractivity contribution in [3.8, 4) is 0 Å². The number of benzene rings is 1. The smallest absolute Gasteiger partial charge is 0.304 e. The molecule has 0 aliphatic heterocycles. The lowest BCUT2D eigenvalue weighted by molar-refractivity contribution is -0.137. The number of carbonyl (C=O) groups is 1. The summed E-state index contributed by atoms with van der Waals surface area (Å²) in [6, 6.07) is 6.45. The first-order valence-electron chi connectivity index (χ1n) is 6.15. The van der Waals surface area contributed by atoms with Crippen LogP contribution >= 0.6 is 0 Å². The van der Waals surface area contributed by atoms with Gasteiger partial charge in [0.2, 0.25) is 10.0 Å². The third-order valence-electron chi connectivity index (χ3n) is 2.78. The van der Waals surface area contributed by atoms with Crippen LogP contribution in [0.4, 0.5) is 0 Å². The molecule has 0 saturated carbocycles. The van der Waals surface area contributed by atoms with Gasteiger partial charge in [-0.2, -0.15) is 4.31 Å². The Balaban J connectivity index is 2.96. The fourth-order valence-electron chi connectivity index (χ4n) is 1.62. The van der Waals surface area contributed by atoms with Crippen LogP contribution in [-0.2, 0) is 19.6 Å². The van der Waals surface area contributed by atoms with Crippen LogP contribution in [0.15, 0.2) is 29.2 Å². The number of methoxy groups -OCH3 is 1. The van der Waals surface area contributed by atoms with E-state index in [2.05, 4.69) is 0 Å². The molecule has 1 rings (SSSR count). The Morgan fingerprint density at radius 2 is 1.85 bits per heavy atom. The molecule has 0 spiro atoms. The van der Waals surface area contributed by atoms with Crippen LogP contribution in [0.25, 0.3) is 0 Å². The van der Waals surface area contributed by atoms with E-state index in [-0.39, 0.29) is 31.0 Å². The van der Waals surface area contributed by atoms with Crippen molar-refractivity contribution < 1.29 is 23.1 Å². The van der Waals surface area contributed by atoms with Gasteiger partial charge in [0.05, 0.1) is 17.9 Å². The van der Waals surface area contributed by atoms with Crippen molar-refractivity contribution in [1.82, 2.24) is 4.31 Å². The second-order valence-electron chi connectivity index (χ2n) is 4.35. The van der Waals surface area contributed by atoms with Gasteiger partial charge in [0, 0.05) is 20.2 Å². The number of sulfonamides is 1. The van der Waals surface area contributed by atoms with Crippen molar-refractivity contribution in [3.05, 3.63) is 29.8 Å². The van der Waals surface area contributed by atoms with Crippen molar-refractivity contribution in [3.63, 3.8) is 0 Å². The molecule has 0 atom stereocenters. The van der Waals surface area contributed by atoms with E-state index in [4.69, 9.17) is 9.84 Å². The van der Waals surface area contributed by atoms with Crippen LogP contribution in [0.1, 0.15) is 12.0 Å². The molecule has 0 fully saturated rings. The lowest BCUT2D eigenvalue weighted by atomic mass is 10.2. The highest BCUT2D eigenvalue weighted by Gasteiger charge is 2.24. The highest BCUT2D eigenvalue weighted by atomic mass is 32.2. The SMILES string of the molecule is COCCN(CCC(=O)O)S(=O)(=O)c1ccc(C)cc1. The van der Waals surface area contributed by atoms with Crippen molar-refractivity contribution in [2.75, 3.05) is 26.8 Å². The number of carboxylic acid groups (broad SMARTS) is 1. The zero-order valence-electron chi connectivity index (χ0n) is 11.6. The molecule has 0 saturated heterocycles. The molecule has 0 aliphatic carbocycles. The molecule has 0 unspecified atom stereocenters. The fourth-order valence-corrected chi connectivity index (χ4v) is 3.05. The van der Waals surface area contributed by atoms with Crippen LogP contribution in [0.3, 0.4) is 0 Å². The molecule has 0 bridgehead atoms. The minimum Gasteiger partial charge on any atom is -0.481 e. The van der Waals surface area contributed by atoms with Crippen LogP contribution < -0.4 is 0 Å². The summed E-state index contributed by atoms with van der Waals surface area (Å²) >= 11 is 0. The lowest BCUT2D eigenvalue weighted by Gasteiger charge is -2.21. The largest absolute Gasteiger partial charge is 0.481 e. The summed E-state index contributed by atoms with van der Waals surface area (Å²) < 4.78 is 30.9. The summed E-state index contributed by atoms with van der Waals surface area (Å²) in [5, 5.41) is 8.71. The van der Waals surface area contributed by atoms with Gasteiger partial charge in [0.1, 0.15) is 0 Å². The quantitative estimate of drug-likeness (QED) is 0.777. The third-order valence-corrected chi connectivity index (χ3v) is 4.69. The Morgan fingerprint density at radius 3 is 2.35 bits per heavy atom. The Morgan fingerprint density at radius 1 is 1.25 bits per heavy atom. The van der Waals surface area contributed by atoms with Gasteiger partial charge in [0.25, 0.3) is 0 Å². The second kappa shape index (κ2) is 7.37. The predicted molar refractivity (Wildman–Crippen MR) is 74.1 cm³/mol. The lowest BCUT2D eigenvalue weighted by Crippen LogP contribution is -2.35. The van der Waals surface area contributed by atoms with E-state index in [0.29, 0.717) is 0 Å². The molecule has 20 heavy (non-hydrogen) atoms. The molecule has 0 aromatic heterocycles. The molecular formula is C13H19NO5S. The summed E-state index contributed by atoms with van der Waals surface area (Å²) in [6.45, 7) is 2.13. The van der Waals surface area contributed by atoms with Gasteiger partial charge in [-0.3, -0.25) is 4.79 Å². The topological polar surface area (TPSA) is 83.9 Å². The summed E-state index contributed by atoms with van der Waals surface area (Å²) in [4.78, 5) is 10.8. The number of aryl methyl sites for hydroxylation is 1. The van der Waals surface area contributed by atoms with E-state index in [9.17, 15) is 13.2 Å². The van der Waals surface area contributed by atoms with E-state index >= 15 is 0 Å². The van der Waals surface area contributed by atoms with Crippen molar-refractivity contribution in [2.24, 2.45) is 0 Å². The number of aliphatic carboxylic acids is 1. The molecule has 1 aromatic rings. The first-order valence-corrected chi connectivity index (χ1v) is 7.59. The maximum atomic E-state index is 12.4. The standard InChI is InChI=1S/C13H19NO5S/c1-11-3-5-12(6-4-11)20(17,18)14(9-10-19-2)8-7-13(15)16/h3-6H,7-10H2,1-2H3,(H,15,16). The molecule has 112 valence electrons. The maximum absolute atomic E-state index is 12.4. The summed E-state index contributed by atoms with van der Waals surface area (Å²) in [6.07, 6.45) is -0.241. The van der Waals surface area contributed by atoms with Crippen molar-refractivity contribution in [2.45, 2.75) is 18.2 Å². The van der Waals surface area contributed by atoms with Crippen LogP contribution in [0.2, 0.25) is 0 Å². The minimum atomic E-state index is -3.70. The Kier molecular flexibility index (Phi) is 6.12. The van der Waals surface area contributed by atoms with E-state index in [1.807, 2.05) is 6.92 Å². The van der Waals surface area contributed by atoms with E-state index in [0.717, 1.165) is 9.87 Å². The van der Waals surface area contributed by atoms with Gasteiger partial charge in [0.15, 0.2) is 0 Å². The highest BCUT2D eigenvalue weighted by Crippen LogP contribution is 2.16. The third kappa shape index (κ3) is 4.59. The molecule has 6 nitrogen and oxygen atoms in total. The number of hydrogen-bond acceptors (Lipinski definition) is 4. The van der Waals surface area contributed by atoms with Gasteiger partial charge < -0.3 is 9.84 Å².